The molecule has 0 saturated heterocycles. The number of H-pyrrole nitrogens is 1. The molecule has 0 bridgehead atoms. The number of hydrogen-bond acceptors (Lipinski definition) is 2. The van der Waals surface area contributed by atoms with Gasteiger partial charge in [0.15, 0.2) is 12.1 Å². The number of nitrogens with one attached hydrogen (secondary N) is 1. The summed E-state index contributed by atoms with van der Waals surface area (Å²) in [6, 6.07) is 6.19. The van der Waals surface area contributed by atoms with Crippen LogP contribution in [0.5, 0.6) is 0 Å². The van der Waals surface area contributed by atoms with Gasteiger partial charge in [0.25, 0.3) is 0 Å². The maximum absolute atomic E-state index is 10.5. The normalized spacial score (nSPS) is 10.3. The third kappa shape index (κ3) is 1.81. The van der Waals surface area contributed by atoms with Gasteiger partial charge in [-0.25, -0.2) is 4.98 Å². The highest BCUT2D eigenvalue weighted by atomic mass is 16.1. The van der Waals surface area contributed by atoms with Crippen molar-refractivity contribution in [2.45, 2.75) is 13.8 Å². The molecular formula is C12H12N2O. The Morgan fingerprint density at radius 2 is 2.13 bits per heavy atom. The fourth-order valence-corrected chi connectivity index (χ4v) is 1.65. The van der Waals surface area contributed by atoms with E-state index in [1.165, 1.54) is 11.1 Å². The van der Waals surface area contributed by atoms with E-state index in [1.807, 2.05) is 19.1 Å². The lowest BCUT2D eigenvalue weighted by atomic mass is 10.0. The van der Waals surface area contributed by atoms with Crippen LogP contribution >= 0.6 is 0 Å². The Bertz CT molecular complexity index is 500. The van der Waals surface area contributed by atoms with E-state index >= 15 is 0 Å². The van der Waals surface area contributed by atoms with Crippen LogP contribution in [0.2, 0.25) is 0 Å². The number of aromatic amines is 1. The number of aryl methyl sites for hydroxylation is 2. The second kappa shape index (κ2) is 3.69. The van der Waals surface area contributed by atoms with Crippen LogP contribution in [0.25, 0.3) is 11.3 Å². The predicted molar refractivity (Wildman–Crippen MR) is 58.9 cm³/mol. The van der Waals surface area contributed by atoms with Crippen molar-refractivity contribution in [3.8, 4) is 11.3 Å². The summed E-state index contributed by atoms with van der Waals surface area (Å²) >= 11 is 0. The minimum absolute atomic E-state index is 0.366. The average Bonchev–Trinajstić information content (AvgIpc) is 2.66. The van der Waals surface area contributed by atoms with Crippen LogP contribution in [0.4, 0.5) is 0 Å². The lowest BCUT2D eigenvalue weighted by Gasteiger charge is -2.03. The standard InChI is InChI=1S/C12H12N2O/c1-8-3-4-10(9(2)5-8)11-6-13-12(7-15)14-11/h3-7H,1-2H3,(H,13,14). The Labute approximate surface area is 88.2 Å². The molecule has 2 rings (SSSR count). The summed E-state index contributed by atoms with van der Waals surface area (Å²) in [6.45, 7) is 4.10. The van der Waals surface area contributed by atoms with Crippen LogP contribution in [0.1, 0.15) is 21.7 Å². The molecule has 0 fully saturated rings. The molecule has 3 heteroatoms. The minimum Gasteiger partial charge on any atom is -0.336 e. The highest BCUT2D eigenvalue weighted by Crippen LogP contribution is 2.21. The molecular weight excluding hydrogens is 188 g/mol. The van der Waals surface area contributed by atoms with E-state index in [0.717, 1.165) is 11.3 Å². The zero-order chi connectivity index (χ0) is 10.8. The summed E-state index contributed by atoms with van der Waals surface area (Å²) < 4.78 is 0. The quantitative estimate of drug-likeness (QED) is 0.757. The maximum atomic E-state index is 10.5. The van der Waals surface area contributed by atoms with E-state index in [0.29, 0.717) is 12.1 Å². The van der Waals surface area contributed by atoms with Gasteiger partial charge < -0.3 is 4.98 Å². The summed E-state index contributed by atoms with van der Waals surface area (Å²) in [6.07, 6.45) is 2.40. The molecule has 15 heavy (non-hydrogen) atoms. The molecule has 1 aromatic carbocycles. The van der Waals surface area contributed by atoms with Crippen LogP contribution in [-0.4, -0.2) is 16.3 Å². The highest BCUT2D eigenvalue weighted by molar-refractivity contribution is 5.72. The van der Waals surface area contributed by atoms with Gasteiger partial charge in [0, 0.05) is 5.56 Å². The minimum atomic E-state index is 0.366. The molecule has 0 aliphatic carbocycles. The van der Waals surface area contributed by atoms with E-state index < -0.39 is 0 Å². The van der Waals surface area contributed by atoms with Crippen LogP contribution in [0.15, 0.2) is 24.4 Å². The third-order valence-corrected chi connectivity index (χ3v) is 2.38. The van der Waals surface area contributed by atoms with Gasteiger partial charge in [-0.1, -0.05) is 23.8 Å². The number of carbonyl (C=O) groups is 1. The van der Waals surface area contributed by atoms with E-state index in [1.54, 1.807) is 6.20 Å². The molecule has 76 valence electrons. The molecule has 1 N–H and O–H groups in total. The number of nitrogens with zero attached hydrogens (tertiary/aromatic N) is 1. The lowest BCUT2D eigenvalue weighted by Crippen LogP contribution is -1.86. The average molecular weight is 200 g/mol. The number of hydrogen-bond donors (Lipinski definition) is 1. The van der Waals surface area contributed by atoms with Crippen molar-refractivity contribution in [1.29, 1.82) is 0 Å². The number of aromatic nitrogens is 2. The van der Waals surface area contributed by atoms with Gasteiger partial charge in [-0.3, -0.25) is 4.79 Å². The smallest absolute Gasteiger partial charge is 0.185 e. The van der Waals surface area contributed by atoms with Crippen molar-refractivity contribution in [3.05, 3.63) is 41.3 Å². The zero-order valence-corrected chi connectivity index (χ0v) is 8.74. The molecule has 0 aliphatic rings. The van der Waals surface area contributed by atoms with Gasteiger partial charge in [-0.05, 0) is 19.4 Å². The van der Waals surface area contributed by atoms with Crippen LogP contribution in [0, 0.1) is 13.8 Å². The molecule has 3 nitrogen and oxygen atoms in total. The fraction of sp³-hybridized carbons (Fsp3) is 0.167. The first-order chi connectivity index (χ1) is 7.20. The van der Waals surface area contributed by atoms with Crippen molar-refractivity contribution >= 4 is 6.29 Å². The zero-order valence-electron chi connectivity index (χ0n) is 8.74. The molecule has 0 unspecified atom stereocenters. The second-order valence-electron chi connectivity index (χ2n) is 3.62. The predicted octanol–water partition coefficient (Wildman–Crippen LogP) is 2.51. The lowest BCUT2D eigenvalue weighted by molar-refractivity contribution is 0.111. The molecule has 0 spiro atoms. The number of carbonyl (C=O) groups excluding carboxylic acids is 1. The fourth-order valence-electron chi connectivity index (χ4n) is 1.65. The largest absolute Gasteiger partial charge is 0.336 e. The SMILES string of the molecule is Cc1ccc(-c2cnc(C=O)[nH]2)c(C)c1. The number of imidazole rings is 1. The van der Waals surface area contributed by atoms with E-state index in [2.05, 4.69) is 23.0 Å². The monoisotopic (exact) mass is 200 g/mol. The Morgan fingerprint density at radius 1 is 1.33 bits per heavy atom. The number of aldehydes is 1. The number of rotatable bonds is 2. The van der Waals surface area contributed by atoms with Crippen molar-refractivity contribution in [2.24, 2.45) is 0 Å². The second-order valence-corrected chi connectivity index (χ2v) is 3.62. The van der Waals surface area contributed by atoms with Gasteiger partial charge in [0.05, 0.1) is 11.9 Å². The summed E-state index contributed by atoms with van der Waals surface area (Å²) in [5.41, 5.74) is 4.37. The van der Waals surface area contributed by atoms with Crippen molar-refractivity contribution < 1.29 is 4.79 Å². The molecule has 1 aromatic heterocycles. The summed E-state index contributed by atoms with van der Waals surface area (Å²) in [7, 11) is 0. The summed E-state index contributed by atoms with van der Waals surface area (Å²) in [4.78, 5) is 17.4. The van der Waals surface area contributed by atoms with Crippen LogP contribution in [0.3, 0.4) is 0 Å². The van der Waals surface area contributed by atoms with Crippen molar-refractivity contribution in [1.82, 2.24) is 9.97 Å². The summed E-state index contributed by atoms with van der Waals surface area (Å²) in [5, 5.41) is 0. The summed E-state index contributed by atoms with van der Waals surface area (Å²) in [5.74, 6) is 0.366. The van der Waals surface area contributed by atoms with Gasteiger partial charge in [0.2, 0.25) is 0 Å². The Morgan fingerprint density at radius 3 is 2.73 bits per heavy atom. The van der Waals surface area contributed by atoms with E-state index in [4.69, 9.17) is 0 Å². The third-order valence-electron chi connectivity index (χ3n) is 2.38. The van der Waals surface area contributed by atoms with Gasteiger partial charge in [-0.2, -0.15) is 0 Å². The van der Waals surface area contributed by atoms with Gasteiger partial charge in [0.1, 0.15) is 0 Å². The Balaban J connectivity index is 2.49. The van der Waals surface area contributed by atoms with E-state index in [9.17, 15) is 4.79 Å². The number of benzene rings is 1. The van der Waals surface area contributed by atoms with Crippen molar-refractivity contribution in [2.75, 3.05) is 0 Å². The molecule has 1 heterocycles. The first-order valence-corrected chi connectivity index (χ1v) is 4.78. The van der Waals surface area contributed by atoms with Crippen molar-refractivity contribution in [3.63, 3.8) is 0 Å². The first-order valence-electron chi connectivity index (χ1n) is 4.78. The molecule has 0 amide bonds. The van der Waals surface area contributed by atoms with E-state index in [-0.39, 0.29) is 0 Å². The van der Waals surface area contributed by atoms with Crippen LogP contribution < -0.4 is 0 Å². The molecule has 2 aromatic rings. The Kier molecular flexibility index (Phi) is 2.37. The molecule has 0 aliphatic heterocycles. The Hall–Kier alpha value is -1.90. The molecule has 0 atom stereocenters. The topological polar surface area (TPSA) is 45.8 Å². The van der Waals surface area contributed by atoms with Gasteiger partial charge >= 0.3 is 0 Å². The first kappa shape index (κ1) is 9.65. The van der Waals surface area contributed by atoms with Crippen LogP contribution in [-0.2, 0) is 0 Å². The maximum Gasteiger partial charge on any atom is 0.185 e. The highest BCUT2D eigenvalue weighted by Gasteiger charge is 2.05. The molecule has 0 saturated carbocycles. The van der Waals surface area contributed by atoms with Gasteiger partial charge in [-0.15, -0.1) is 0 Å². The molecule has 0 radical (unpaired) electrons.